The summed E-state index contributed by atoms with van der Waals surface area (Å²) in [5, 5.41) is 6.41. The largest absolute Gasteiger partial charge is 0.490 e. The first kappa shape index (κ1) is 25.7. The maximum atomic E-state index is 12.8. The van der Waals surface area contributed by atoms with Crippen molar-refractivity contribution in [2.45, 2.75) is 45.8 Å². The fourth-order valence-corrected chi connectivity index (χ4v) is 3.27. The summed E-state index contributed by atoms with van der Waals surface area (Å²) in [5.74, 6) is 1.01. The molecule has 0 atom stereocenters. The minimum atomic E-state index is -2.91. The van der Waals surface area contributed by atoms with Gasteiger partial charge in [-0.3, -0.25) is 4.99 Å². The molecule has 1 fully saturated rings. The highest BCUT2D eigenvalue weighted by Crippen LogP contribution is 2.32. The van der Waals surface area contributed by atoms with Crippen molar-refractivity contribution in [3.63, 3.8) is 0 Å². The molecule has 9 heteroatoms. The lowest BCUT2D eigenvalue weighted by molar-refractivity contribution is -0.0520. The number of nitrogens with zero attached hydrogens (tertiary/aromatic N) is 2. The van der Waals surface area contributed by atoms with Gasteiger partial charge in [0.2, 0.25) is 0 Å². The number of hydrogen-bond acceptors (Lipinski definition) is 4. The molecule has 1 aromatic carbocycles. The van der Waals surface area contributed by atoms with E-state index in [-0.39, 0.29) is 29.7 Å². The zero-order chi connectivity index (χ0) is 20.2. The molecule has 1 aliphatic rings. The van der Waals surface area contributed by atoms with Gasteiger partial charge >= 0.3 is 6.61 Å². The molecule has 0 amide bonds. The number of para-hydroxylation sites is 1. The number of unbranched alkanes of at least 4 members (excludes halogenated alkanes) is 1. The predicted molar refractivity (Wildman–Crippen MR) is 123 cm³/mol. The third kappa shape index (κ3) is 9.33. The van der Waals surface area contributed by atoms with E-state index in [2.05, 4.69) is 20.5 Å². The maximum Gasteiger partial charge on any atom is 0.387 e. The average Bonchev–Trinajstić information content (AvgIpc) is 3.19. The molecule has 1 heterocycles. The summed E-state index contributed by atoms with van der Waals surface area (Å²) in [6, 6.07) is 5.11. The lowest BCUT2D eigenvalue weighted by atomic mass is 10.2. The number of rotatable bonds is 11. The van der Waals surface area contributed by atoms with Gasteiger partial charge in [-0.1, -0.05) is 12.1 Å². The summed E-state index contributed by atoms with van der Waals surface area (Å²) < 4.78 is 35.7. The second-order valence-electron chi connectivity index (χ2n) is 6.66. The zero-order valence-electron chi connectivity index (χ0n) is 17.3. The molecular weight excluding hydrogens is 493 g/mol. The van der Waals surface area contributed by atoms with Crippen LogP contribution in [0.1, 0.15) is 38.2 Å². The van der Waals surface area contributed by atoms with Gasteiger partial charge in [-0.2, -0.15) is 8.78 Å². The van der Waals surface area contributed by atoms with Crippen LogP contribution in [0, 0.1) is 0 Å². The highest BCUT2D eigenvalue weighted by molar-refractivity contribution is 14.0. The molecule has 0 saturated carbocycles. The first-order valence-corrected chi connectivity index (χ1v) is 10.0. The first-order valence-electron chi connectivity index (χ1n) is 10.0. The Bertz CT molecular complexity index is 614. The van der Waals surface area contributed by atoms with E-state index in [1.165, 1.54) is 25.9 Å². The van der Waals surface area contributed by atoms with Crippen LogP contribution in [0.25, 0.3) is 0 Å². The Hall–Kier alpha value is -1.36. The Morgan fingerprint density at radius 3 is 2.62 bits per heavy atom. The van der Waals surface area contributed by atoms with Crippen LogP contribution in [0.5, 0.6) is 11.5 Å². The smallest absolute Gasteiger partial charge is 0.387 e. The van der Waals surface area contributed by atoms with Crippen LogP contribution in [-0.2, 0) is 6.54 Å². The van der Waals surface area contributed by atoms with Crippen molar-refractivity contribution in [3.8, 4) is 11.5 Å². The topological polar surface area (TPSA) is 58.1 Å². The molecule has 0 aliphatic carbocycles. The van der Waals surface area contributed by atoms with E-state index >= 15 is 0 Å². The number of alkyl halides is 2. The Morgan fingerprint density at radius 1 is 1.21 bits per heavy atom. The quantitative estimate of drug-likeness (QED) is 0.199. The fourth-order valence-electron chi connectivity index (χ4n) is 3.27. The van der Waals surface area contributed by atoms with Crippen LogP contribution in [-0.4, -0.2) is 57.3 Å². The first-order chi connectivity index (χ1) is 13.6. The Morgan fingerprint density at radius 2 is 1.97 bits per heavy atom. The zero-order valence-corrected chi connectivity index (χ0v) is 19.6. The monoisotopic (exact) mass is 526 g/mol. The van der Waals surface area contributed by atoms with Crippen LogP contribution in [0.2, 0.25) is 0 Å². The number of aliphatic imine (C=N–C) groups is 1. The Kier molecular flexibility index (Phi) is 12.9. The van der Waals surface area contributed by atoms with Crippen LogP contribution < -0.4 is 20.1 Å². The van der Waals surface area contributed by atoms with Gasteiger partial charge in [-0.05, 0) is 58.3 Å². The van der Waals surface area contributed by atoms with Gasteiger partial charge in [0.15, 0.2) is 17.5 Å². The predicted octanol–water partition coefficient (Wildman–Crippen LogP) is 3.85. The van der Waals surface area contributed by atoms with Crippen molar-refractivity contribution in [2.24, 2.45) is 4.99 Å². The van der Waals surface area contributed by atoms with Gasteiger partial charge < -0.3 is 25.0 Å². The molecule has 1 aromatic rings. The fraction of sp³-hybridized carbons (Fsp3) is 0.650. The summed E-state index contributed by atoms with van der Waals surface area (Å²) in [5.41, 5.74) is 0.586. The number of likely N-dealkylation sites (tertiary alicyclic amines) is 1. The molecule has 0 unspecified atom stereocenters. The minimum Gasteiger partial charge on any atom is -0.490 e. The van der Waals surface area contributed by atoms with Crippen molar-refractivity contribution in [1.82, 2.24) is 15.5 Å². The van der Waals surface area contributed by atoms with E-state index in [4.69, 9.17) is 9.47 Å². The number of halogens is 3. The van der Waals surface area contributed by atoms with Gasteiger partial charge in [-0.25, -0.2) is 0 Å². The second-order valence-corrected chi connectivity index (χ2v) is 6.66. The van der Waals surface area contributed by atoms with Gasteiger partial charge in [0.1, 0.15) is 0 Å². The van der Waals surface area contributed by atoms with E-state index < -0.39 is 6.61 Å². The molecule has 0 spiro atoms. The van der Waals surface area contributed by atoms with E-state index in [0.29, 0.717) is 30.4 Å². The summed E-state index contributed by atoms with van der Waals surface area (Å²) in [6.45, 7) is 3.97. The Balaban J connectivity index is 0.00000420. The molecule has 0 aromatic heterocycles. The number of hydrogen-bond donors (Lipinski definition) is 2. The molecule has 0 radical (unpaired) electrons. The van der Waals surface area contributed by atoms with Gasteiger partial charge in [0, 0.05) is 25.7 Å². The lowest BCUT2D eigenvalue weighted by Gasteiger charge is -2.17. The van der Waals surface area contributed by atoms with Gasteiger partial charge in [-0.15, -0.1) is 24.0 Å². The lowest BCUT2D eigenvalue weighted by Crippen LogP contribution is -2.37. The minimum absolute atomic E-state index is 0. The standard InChI is InChI=1S/C20H32F2N4O2.HI/c1-3-27-17-10-8-9-16(18(17)28-19(21)22)15-25-20(23-2)24-11-4-5-12-26-13-6-7-14-26;/h8-10,19H,3-7,11-15H2,1-2H3,(H2,23,24,25);1H. The normalized spacial score (nSPS) is 14.6. The average molecular weight is 526 g/mol. The van der Waals surface area contributed by atoms with E-state index in [1.54, 1.807) is 32.2 Å². The van der Waals surface area contributed by atoms with E-state index in [1.807, 2.05) is 0 Å². The molecule has 2 rings (SSSR count). The molecular formula is C20H33F2IN4O2. The SMILES string of the molecule is CCOc1cccc(CNC(=NC)NCCCCN2CCCC2)c1OC(F)F.I. The van der Waals surface area contributed by atoms with Crippen LogP contribution in [0.3, 0.4) is 0 Å². The number of benzene rings is 1. The molecule has 0 bridgehead atoms. The van der Waals surface area contributed by atoms with Crippen molar-refractivity contribution >= 4 is 29.9 Å². The number of guanidine groups is 1. The molecule has 2 N–H and O–H groups in total. The van der Waals surface area contributed by atoms with E-state index in [9.17, 15) is 8.78 Å². The maximum absolute atomic E-state index is 12.8. The molecule has 1 saturated heterocycles. The number of ether oxygens (including phenoxy) is 2. The summed E-state index contributed by atoms with van der Waals surface area (Å²) in [7, 11) is 1.69. The van der Waals surface area contributed by atoms with Crippen molar-refractivity contribution < 1.29 is 18.3 Å². The van der Waals surface area contributed by atoms with Crippen molar-refractivity contribution in [3.05, 3.63) is 23.8 Å². The van der Waals surface area contributed by atoms with Crippen molar-refractivity contribution in [1.29, 1.82) is 0 Å². The van der Waals surface area contributed by atoms with Crippen LogP contribution in [0.15, 0.2) is 23.2 Å². The number of nitrogens with one attached hydrogen (secondary N) is 2. The third-order valence-electron chi connectivity index (χ3n) is 4.63. The summed E-state index contributed by atoms with van der Waals surface area (Å²) in [6.07, 6.45) is 4.83. The molecule has 1 aliphatic heterocycles. The van der Waals surface area contributed by atoms with Crippen LogP contribution >= 0.6 is 24.0 Å². The summed E-state index contributed by atoms with van der Waals surface area (Å²) >= 11 is 0. The molecule has 6 nitrogen and oxygen atoms in total. The van der Waals surface area contributed by atoms with Crippen molar-refractivity contribution in [2.75, 3.05) is 39.8 Å². The third-order valence-corrected chi connectivity index (χ3v) is 4.63. The summed E-state index contributed by atoms with van der Waals surface area (Å²) in [4.78, 5) is 6.69. The van der Waals surface area contributed by atoms with Crippen LogP contribution in [0.4, 0.5) is 8.78 Å². The molecule has 29 heavy (non-hydrogen) atoms. The highest BCUT2D eigenvalue weighted by atomic mass is 127. The highest BCUT2D eigenvalue weighted by Gasteiger charge is 2.16. The van der Waals surface area contributed by atoms with E-state index in [0.717, 1.165) is 25.9 Å². The van der Waals surface area contributed by atoms with Gasteiger partial charge in [0.25, 0.3) is 0 Å². The Labute approximate surface area is 189 Å². The van der Waals surface area contributed by atoms with Gasteiger partial charge in [0.05, 0.1) is 6.61 Å². The molecule has 166 valence electrons. The second kappa shape index (κ2) is 14.6.